The molecule has 1 amide bonds. The highest BCUT2D eigenvalue weighted by atomic mass is 16.2. The van der Waals surface area contributed by atoms with E-state index in [9.17, 15) is 4.79 Å². The van der Waals surface area contributed by atoms with Crippen molar-refractivity contribution < 1.29 is 4.79 Å². The lowest BCUT2D eigenvalue weighted by molar-refractivity contribution is -0.123. The molecular formula is C18H22N4O. The number of rotatable bonds is 3. The number of fused-ring (bicyclic) bond motifs is 2. The zero-order chi connectivity index (χ0) is 16.1. The van der Waals surface area contributed by atoms with Crippen LogP contribution in [0.25, 0.3) is 10.9 Å². The lowest BCUT2D eigenvalue weighted by Crippen LogP contribution is -2.32. The van der Waals surface area contributed by atoms with Crippen molar-refractivity contribution in [2.75, 3.05) is 13.1 Å². The van der Waals surface area contributed by atoms with Gasteiger partial charge in [-0.3, -0.25) is 4.79 Å². The van der Waals surface area contributed by atoms with E-state index in [1.807, 2.05) is 26.0 Å². The molecule has 2 heterocycles. The zero-order valence-electron chi connectivity index (χ0n) is 13.8. The van der Waals surface area contributed by atoms with Gasteiger partial charge < -0.3 is 10.6 Å². The van der Waals surface area contributed by atoms with E-state index in [1.54, 1.807) is 0 Å². The van der Waals surface area contributed by atoms with Crippen LogP contribution < -0.4 is 10.6 Å². The lowest BCUT2D eigenvalue weighted by atomic mass is 10.1. The highest BCUT2D eigenvalue weighted by Gasteiger charge is 2.56. The SMILES string of the molecule is Cc1nc(C(C)NC(=O)C2[C@H]3CNC[C@@H]23)c2cccc(C)c2n1. The molecule has 1 aromatic heterocycles. The number of nitrogens with one attached hydrogen (secondary N) is 2. The number of nitrogens with zero attached hydrogens (tertiary/aromatic N) is 2. The summed E-state index contributed by atoms with van der Waals surface area (Å²) in [5.41, 5.74) is 3.02. The van der Waals surface area contributed by atoms with Gasteiger partial charge in [0.1, 0.15) is 5.82 Å². The summed E-state index contributed by atoms with van der Waals surface area (Å²) in [6, 6.07) is 6.00. The summed E-state index contributed by atoms with van der Waals surface area (Å²) < 4.78 is 0. The van der Waals surface area contributed by atoms with E-state index < -0.39 is 0 Å². The second-order valence-corrected chi connectivity index (χ2v) is 6.87. The van der Waals surface area contributed by atoms with Gasteiger partial charge in [0, 0.05) is 11.3 Å². The van der Waals surface area contributed by atoms with Crippen LogP contribution in [-0.4, -0.2) is 29.0 Å². The third kappa shape index (κ3) is 2.39. The fourth-order valence-corrected chi connectivity index (χ4v) is 3.95. The number of para-hydroxylation sites is 1. The Hall–Kier alpha value is -2.01. The Bertz CT molecular complexity index is 778. The van der Waals surface area contributed by atoms with E-state index >= 15 is 0 Å². The molecular weight excluding hydrogens is 288 g/mol. The Kier molecular flexibility index (Phi) is 3.34. The maximum Gasteiger partial charge on any atom is 0.224 e. The number of aryl methyl sites for hydroxylation is 2. The Balaban J connectivity index is 1.61. The van der Waals surface area contributed by atoms with Gasteiger partial charge in [0.05, 0.1) is 17.3 Å². The molecule has 1 aliphatic carbocycles. The van der Waals surface area contributed by atoms with Gasteiger partial charge in [-0.15, -0.1) is 0 Å². The normalized spacial score (nSPS) is 26.8. The average molecular weight is 310 g/mol. The number of carbonyl (C=O) groups excluding carboxylic acids is 1. The van der Waals surface area contributed by atoms with Crippen LogP contribution in [-0.2, 0) is 4.79 Å². The van der Waals surface area contributed by atoms with Crippen molar-refractivity contribution >= 4 is 16.8 Å². The van der Waals surface area contributed by atoms with Gasteiger partial charge in [-0.05, 0) is 51.3 Å². The van der Waals surface area contributed by atoms with Gasteiger partial charge in [-0.2, -0.15) is 0 Å². The van der Waals surface area contributed by atoms with Crippen molar-refractivity contribution in [3.8, 4) is 0 Å². The Morgan fingerprint density at radius 3 is 2.74 bits per heavy atom. The van der Waals surface area contributed by atoms with Crippen molar-refractivity contribution in [1.82, 2.24) is 20.6 Å². The standard InChI is InChI=1S/C18H22N4O/c1-9-5-4-6-12-16(9)21-11(3)22-17(12)10(2)20-18(23)15-13-7-19-8-14(13)15/h4-6,10,13-15,19H,7-8H2,1-3H3,(H,20,23)/t10?,13-,14+,15?. The molecule has 2 aromatic rings. The largest absolute Gasteiger partial charge is 0.348 e. The maximum absolute atomic E-state index is 12.5. The third-order valence-electron chi connectivity index (χ3n) is 5.23. The van der Waals surface area contributed by atoms with Crippen LogP contribution in [0.15, 0.2) is 18.2 Å². The fraction of sp³-hybridized carbons (Fsp3) is 0.500. The first-order chi connectivity index (χ1) is 11.1. The van der Waals surface area contributed by atoms with Crippen LogP contribution >= 0.6 is 0 Å². The van der Waals surface area contributed by atoms with Gasteiger partial charge in [0.2, 0.25) is 5.91 Å². The summed E-state index contributed by atoms with van der Waals surface area (Å²) >= 11 is 0. The molecule has 1 aromatic carbocycles. The minimum Gasteiger partial charge on any atom is -0.348 e. The van der Waals surface area contributed by atoms with Crippen LogP contribution in [0.2, 0.25) is 0 Å². The van der Waals surface area contributed by atoms with Gasteiger partial charge in [-0.1, -0.05) is 18.2 Å². The molecule has 2 unspecified atom stereocenters. The Morgan fingerprint density at radius 2 is 2.00 bits per heavy atom. The summed E-state index contributed by atoms with van der Waals surface area (Å²) in [6.45, 7) is 7.93. The molecule has 120 valence electrons. The van der Waals surface area contributed by atoms with Crippen molar-refractivity contribution in [2.24, 2.45) is 17.8 Å². The molecule has 5 nitrogen and oxygen atoms in total. The van der Waals surface area contributed by atoms with Gasteiger partial charge in [0.15, 0.2) is 0 Å². The molecule has 2 N–H and O–H groups in total. The minimum atomic E-state index is -0.109. The summed E-state index contributed by atoms with van der Waals surface area (Å²) in [5.74, 6) is 2.18. The van der Waals surface area contributed by atoms with E-state index in [-0.39, 0.29) is 17.9 Å². The average Bonchev–Trinajstić information content (AvgIpc) is 3.01. The summed E-state index contributed by atoms with van der Waals surface area (Å²) in [7, 11) is 0. The lowest BCUT2D eigenvalue weighted by Gasteiger charge is -2.17. The van der Waals surface area contributed by atoms with E-state index in [0.29, 0.717) is 11.8 Å². The molecule has 1 saturated heterocycles. The summed E-state index contributed by atoms with van der Waals surface area (Å²) in [4.78, 5) is 21.7. The van der Waals surface area contributed by atoms with Crippen molar-refractivity contribution in [2.45, 2.75) is 26.8 Å². The molecule has 23 heavy (non-hydrogen) atoms. The molecule has 5 heteroatoms. The fourth-order valence-electron chi connectivity index (χ4n) is 3.95. The van der Waals surface area contributed by atoms with Crippen LogP contribution in [0.1, 0.15) is 30.0 Å². The molecule has 2 aliphatic rings. The molecule has 0 bridgehead atoms. The second kappa shape index (κ2) is 5.27. The quantitative estimate of drug-likeness (QED) is 0.908. The predicted molar refractivity (Wildman–Crippen MR) is 88.9 cm³/mol. The highest BCUT2D eigenvalue weighted by Crippen LogP contribution is 2.48. The predicted octanol–water partition coefficient (Wildman–Crippen LogP) is 1.89. The molecule has 2 fully saturated rings. The molecule has 1 aliphatic heterocycles. The minimum absolute atomic E-state index is 0.109. The number of piperidine rings is 1. The number of benzene rings is 1. The first kappa shape index (κ1) is 14.6. The first-order valence-electron chi connectivity index (χ1n) is 8.31. The third-order valence-corrected chi connectivity index (χ3v) is 5.23. The van der Waals surface area contributed by atoms with E-state index in [4.69, 9.17) is 0 Å². The van der Waals surface area contributed by atoms with Crippen LogP contribution in [0, 0.1) is 31.6 Å². The number of carbonyl (C=O) groups is 1. The molecule has 0 radical (unpaired) electrons. The zero-order valence-corrected chi connectivity index (χ0v) is 13.8. The van der Waals surface area contributed by atoms with Crippen LogP contribution in [0.4, 0.5) is 0 Å². The van der Waals surface area contributed by atoms with E-state index in [1.165, 1.54) is 0 Å². The number of amides is 1. The van der Waals surface area contributed by atoms with Gasteiger partial charge in [-0.25, -0.2) is 9.97 Å². The van der Waals surface area contributed by atoms with Gasteiger partial charge in [0.25, 0.3) is 0 Å². The van der Waals surface area contributed by atoms with Crippen molar-refractivity contribution in [3.63, 3.8) is 0 Å². The van der Waals surface area contributed by atoms with Gasteiger partial charge >= 0.3 is 0 Å². The summed E-state index contributed by atoms with van der Waals surface area (Å²) in [5, 5.41) is 7.53. The molecule has 4 atom stereocenters. The van der Waals surface area contributed by atoms with E-state index in [0.717, 1.165) is 41.1 Å². The monoisotopic (exact) mass is 310 g/mol. The smallest absolute Gasteiger partial charge is 0.224 e. The second-order valence-electron chi connectivity index (χ2n) is 6.87. The topological polar surface area (TPSA) is 66.9 Å². The van der Waals surface area contributed by atoms with E-state index in [2.05, 4.69) is 33.6 Å². The van der Waals surface area contributed by atoms with Crippen LogP contribution in [0.5, 0.6) is 0 Å². The molecule has 4 rings (SSSR count). The maximum atomic E-state index is 12.5. The Labute approximate surface area is 135 Å². The van der Waals surface area contributed by atoms with Crippen molar-refractivity contribution in [3.05, 3.63) is 35.3 Å². The molecule has 1 saturated carbocycles. The number of hydrogen-bond donors (Lipinski definition) is 2. The summed E-state index contributed by atoms with van der Waals surface area (Å²) in [6.07, 6.45) is 0. The molecule has 0 spiro atoms. The number of hydrogen-bond acceptors (Lipinski definition) is 4. The Morgan fingerprint density at radius 1 is 1.26 bits per heavy atom. The first-order valence-corrected chi connectivity index (χ1v) is 8.31. The number of aromatic nitrogens is 2. The van der Waals surface area contributed by atoms with Crippen LogP contribution in [0.3, 0.4) is 0 Å². The van der Waals surface area contributed by atoms with Crippen molar-refractivity contribution in [1.29, 1.82) is 0 Å². The highest BCUT2D eigenvalue weighted by molar-refractivity contribution is 5.86.